The smallest absolute Gasteiger partial charge is 0.244 e. The Kier molecular flexibility index (Phi) is 10.5. The van der Waals surface area contributed by atoms with Crippen LogP contribution in [0.3, 0.4) is 0 Å². The van der Waals surface area contributed by atoms with E-state index in [0.717, 1.165) is 16.1 Å². The summed E-state index contributed by atoms with van der Waals surface area (Å²) in [5, 5.41) is 3.37. The number of hydrogen-bond donors (Lipinski definition) is 1. The van der Waals surface area contributed by atoms with E-state index in [1.165, 1.54) is 24.0 Å². The molecule has 0 aliphatic carbocycles. The van der Waals surface area contributed by atoms with E-state index in [0.29, 0.717) is 16.1 Å². The molecular formula is C30H34ClN3O5S. The fourth-order valence-electron chi connectivity index (χ4n) is 4.26. The molecule has 0 unspecified atom stereocenters. The number of nitrogens with one attached hydrogen (secondary N) is 1. The number of amides is 2. The van der Waals surface area contributed by atoms with Gasteiger partial charge in [-0.1, -0.05) is 66.2 Å². The quantitative estimate of drug-likeness (QED) is 0.317. The van der Waals surface area contributed by atoms with Gasteiger partial charge in [0.1, 0.15) is 12.6 Å². The number of hydrogen-bond acceptors (Lipinski definition) is 5. The van der Waals surface area contributed by atoms with Gasteiger partial charge in [-0.3, -0.25) is 18.7 Å². The van der Waals surface area contributed by atoms with Crippen molar-refractivity contribution < 1.29 is 22.8 Å². The van der Waals surface area contributed by atoms with Crippen molar-refractivity contribution in [3.8, 4) is 0 Å². The van der Waals surface area contributed by atoms with Crippen LogP contribution < -0.4 is 9.62 Å². The zero-order valence-corrected chi connectivity index (χ0v) is 24.6. The third kappa shape index (κ3) is 8.66. The standard InChI is InChI=1S/C30H34ClN3O5S/c1-21(2)32-30(37)28(17-23-10-6-5-7-11-23)33(19-24-12-8-14-26(31)16-24)29(36)20-34(40(4,38)39)27-15-9-13-25(18-27)22(3)35/h5-16,18,21,28H,17,19-20H2,1-4H3,(H,32,37)/t28-/m1/s1. The van der Waals surface area contributed by atoms with Crippen LogP contribution in [0.4, 0.5) is 5.69 Å². The lowest BCUT2D eigenvalue weighted by atomic mass is 10.0. The van der Waals surface area contributed by atoms with Crippen molar-refractivity contribution in [1.29, 1.82) is 0 Å². The minimum absolute atomic E-state index is 0.0213. The van der Waals surface area contributed by atoms with Crippen molar-refractivity contribution in [2.45, 2.75) is 45.8 Å². The number of benzene rings is 3. The van der Waals surface area contributed by atoms with Gasteiger partial charge < -0.3 is 10.2 Å². The summed E-state index contributed by atoms with van der Waals surface area (Å²) in [4.78, 5) is 40.9. The molecule has 10 heteroatoms. The molecule has 2 amide bonds. The van der Waals surface area contributed by atoms with Crippen molar-refractivity contribution >= 4 is 44.9 Å². The molecule has 8 nitrogen and oxygen atoms in total. The van der Waals surface area contributed by atoms with Gasteiger partial charge >= 0.3 is 0 Å². The molecule has 0 saturated heterocycles. The SMILES string of the molecule is CC(=O)c1cccc(N(CC(=O)N(Cc2cccc(Cl)c2)[C@H](Cc2ccccc2)C(=O)NC(C)C)S(C)(=O)=O)c1. The minimum Gasteiger partial charge on any atom is -0.352 e. The summed E-state index contributed by atoms with van der Waals surface area (Å²) in [7, 11) is -3.94. The van der Waals surface area contributed by atoms with Crippen LogP contribution in [0.1, 0.15) is 42.3 Å². The second kappa shape index (κ2) is 13.6. The van der Waals surface area contributed by atoms with Gasteiger partial charge in [-0.25, -0.2) is 8.42 Å². The summed E-state index contributed by atoms with van der Waals surface area (Å²) in [5.74, 6) is -1.19. The second-order valence-electron chi connectivity index (χ2n) is 9.90. The highest BCUT2D eigenvalue weighted by molar-refractivity contribution is 7.92. The molecule has 0 spiro atoms. The molecule has 3 aromatic rings. The fraction of sp³-hybridized carbons (Fsp3) is 0.300. The molecular weight excluding hydrogens is 550 g/mol. The van der Waals surface area contributed by atoms with Gasteiger partial charge in [0.05, 0.1) is 11.9 Å². The summed E-state index contributed by atoms with van der Waals surface area (Å²) in [6.07, 6.45) is 1.21. The van der Waals surface area contributed by atoms with Gasteiger partial charge in [-0.2, -0.15) is 0 Å². The van der Waals surface area contributed by atoms with Crippen LogP contribution in [0.25, 0.3) is 0 Å². The maximum Gasteiger partial charge on any atom is 0.244 e. The second-order valence-corrected chi connectivity index (χ2v) is 12.2. The molecule has 212 valence electrons. The molecule has 0 fully saturated rings. The lowest BCUT2D eigenvalue weighted by molar-refractivity contribution is -0.140. The van der Waals surface area contributed by atoms with Crippen LogP contribution in [0, 0.1) is 0 Å². The summed E-state index contributed by atoms with van der Waals surface area (Å²) >= 11 is 6.22. The normalized spacial score (nSPS) is 12.1. The average Bonchev–Trinajstić information content (AvgIpc) is 2.88. The Bertz CT molecular complexity index is 1460. The van der Waals surface area contributed by atoms with E-state index in [9.17, 15) is 22.8 Å². The average molecular weight is 584 g/mol. The third-order valence-corrected chi connectivity index (χ3v) is 7.54. The number of nitrogens with zero attached hydrogens (tertiary/aromatic N) is 2. The molecule has 0 saturated carbocycles. The number of Topliss-reactive ketones (excluding diaryl/α,β-unsaturated/α-hetero) is 1. The molecule has 0 aliphatic heterocycles. The van der Waals surface area contributed by atoms with Gasteiger partial charge in [0, 0.05) is 29.6 Å². The van der Waals surface area contributed by atoms with Crippen LogP contribution in [0.2, 0.25) is 5.02 Å². The van der Waals surface area contributed by atoms with Crippen LogP contribution in [-0.4, -0.2) is 55.8 Å². The number of halogens is 1. The van der Waals surface area contributed by atoms with Gasteiger partial charge in [-0.15, -0.1) is 0 Å². The van der Waals surface area contributed by atoms with E-state index in [1.807, 2.05) is 44.2 Å². The number of ketones is 1. The van der Waals surface area contributed by atoms with Gasteiger partial charge in [0.2, 0.25) is 21.8 Å². The monoisotopic (exact) mass is 583 g/mol. The van der Waals surface area contributed by atoms with E-state index in [-0.39, 0.29) is 36.4 Å². The molecule has 3 aromatic carbocycles. The summed E-state index contributed by atoms with van der Waals surface area (Å²) in [6, 6.07) is 21.2. The van der Waals surface area contributed by atoms with E-state index in [2.05, 4.69) is 5.32 Å². The third-order valence-electron chi connectivity index (χ3n) is 6.16. The number of sulfonamides is 1. The van der Waals surface area contributed by atoms with Crippen LogP contribution >= 0.6 is 11.6 Å². The molecule has 40 heavy (non-hydrogen) atoms. The Balaban J connectivity index is 2.07. The predicted molar refractivity (Wildman–Crippen MR) is 158 cm³/mol. The highest BCUT2D eigenvalue weighted by atomic mass is 35.5. The first kappa shape index (κ1) is 30.8. The van der Waals surface area contributed by atoms with Gasteiger partial charge in [0.15, 0.2) is 5.78 Å². The molecule has 0 bridgehead atoms. The lowest BCUT2D eigenvalue weighted by Gasteiger charge is -2.34. The van der Waals surface area contributed by atoms with Crippen molar-refractivity contribution in [3.63, 3.8) is 0 Å². The number of carbonyl (C=O) groups is 3. The highest BCUT2D eigenvalue weighted by Gasteiger charge is 2.33. The van der Waals surface area contributed by atoms with Gasteiger partial charge in [-0.05, 0) is 56.2 Å². The van der Waals surface area contributed by atoms with Crippen molar-refractivity contribution in [2.24, 2.45) is 0 Å². The largest absolute Gasteiger partial charge is 0.352 e. The molecule has 1 N–H and O–H groups in total. The topological polar surface area (TPSA) is 104 Å². The summed E-state index contributed by atoms with van der Waals surface area (Å²) < 4.78 is 26.7. The summed E-state index contributed by atoms with van der Waals surface area (Å²) in [6.45, 7) is 4.49. The maximum atomic E-state index is 14.0. The fourth-order valence-corrected chi connectivity index (χ4v) is 5.31. The van der Waals surface area contributed by atoms with Crippen molar-refractivity contribution in [3.05, 3.63) is 101 Å². The zero-order chi connectivity index (χ0) is 29.4. The molecule has 1 atom stereocenters. The first-order valence-corrected chi connectivity index (χ1v) is 15.0. The molecule has 3 rings (SSSR count). The Labute approximate surface area is 241 Å². The predicted octanol–water partition coefficient (Wildman–Crippen LogP) is 4.47. The summed E-state index contributed by atoms with van der Waals surface area (Å²) in [5.41, 5.74) is 2.01. The first-order chi connectivity index (χ1) is 18.8. The number of anilines is 1. The Hall–Kier alpha value is -3.69. The first-order valence-electron chi connectivity index (χ1n) is 12.8. The minimum atomic E-state index is -3.94. The van der Waals surface area contributed by atoms with E-state index >= 15 is 0 Å². The van der Waals surface area contributed by atoms with Crippen LogP contribution in [-0.2, 0) is 32.6 Å². The Morgan fingerprint density at radius 2 is 1.55 bits per heavy atom. The van der Waals surface area contributed by atoms with Crippen LogP contribution in [0.5, 0.6) is 0 Å². The van der Waals surface area contributed by atoms with Gasteiger partial charge in [0.25, 0.3) is 0 Å². The highest BCUT2D eigenvalue weighted by Crippen LogP contribution is 2.22. The molecule has 0 radical (unpaired) electrons. The molecule has 0 aliphatic rings. The number of carbonyl (C=O) groups excluding carboxylic acids is 3. The van der Waals surface area contributed by atoms with Crippen molar-refractivity contribution in [2.75, 3.05) is 17.1 Å². The Morgan fingerprint density at radius 1 is 0.900 bits per heavy atom. The van der Waals surface area contributed by atoms with E-state index in [1.54, 1.807) is 36.4 Å². The number of rotatable bonds is 12. The molecule has 0 aromatic heterocycles. The van der Waals surface area contributed by atoms with Crippen LogP contribution in [0.15, 0.2) is 78.9 Å². The van der Waals surface area contributed by atoms with Crippen molar-refractivity contribution in [1.82, 2.24) is 10.2 Å². The maximum absolute atomic E-state index is 14.0. The van der Waals surface area contributed by atoms with E-state index in [4.69, 9.17) is 11.6 Å². The van der Waals surface area contributed by atoms with E-state index < -0.39 is 28.5 Å². The molecule has 0 heterocycles. The zero-order valence-electron chi connectivity index (χ0n) is 23.0. The Morgan fingerprint density at radius 3 is 2.15 bits per heavy atom. The lowest BCUT2D eigenvalue weighted by Crippen LogP contribution is -2.54.